The monoisotopic (exact) mass is 415 g/mol. The minimum atomic E-state index is -0.184. The third-order valence-electron chi connectivity index (χ3n) is 3.65. The van der Waals surface area contributed by atoms with Crippen molar-refractivity contribution in [2.75, 3.05) is 19.5 Å². The van der Waals surface area contributed by atoms with Crippen molar-refractivity contribution in [3.05, 3.63) is 48.0 Å². The number of hydrogen-bond acceptors (Lipinski definition) is 7. The van der Waals surface area contributed by atoms with Gasteiger partial charge in [-0.05, 0) is 42.3 Å². The highest BCUT2D eigenvalue weighted by Crippen LogP contribution is 2.29. The molecule has 0 aliphatic rings. The summed E-state index contributed by atoms with van der Waals surface area (Å²) in [6.07, 6.45) is 2.49. The van der Waals surface area contributed by atoms with Gasteiger partial charge in [-0.15, -0.1) is 11.3 Å². The van der Waals surface area contributed by atoms with E-state index < -0.39 is 0 Å². The maximum Gasteiger partial charge on any atom is 0.250 e. The number of nitrogens with zero attached hydrogens (tertiary/aromatic N) is 2. The molecule has 3 aromatic rings. The van der Waals surface area contributed by atoms with Crippen LogP contribution in [0.2, 0.25) is 0 Å². The van der Waals surface area contributed by atoms with Gasteiger partial charge in [-0.1, -0.05) is 30.8 Å². The zero-order valence-electron chi connectivity index (χ0n) is 15.7. The third kappa shape index (κ3) is 5.46. The van der Waals surface area contributed by atoms with Gasteiger partial charge < -0.3 is 9.47 Å². The molecule has 2 aromatic carbocycles. The van der Waals surface area contributed by atoms with E-state index in [1.165, 1.54) is 11.8 Å². The van der Waals surface area contributed by atoms with Crippen molar-refractivity contribution in [2.45, 2.75) is 17.7 Å². The van der Waals surface area contributed by atoms with Crippen LogP contribution in [0.3, 0.4) is 0 Å². The van der Waals surface area contributed by atoms with Crippen LogP contribution < -0.4 is 14.9 Å². The van der Waals surface area contributed by atoms with Gasteiger partial charge in [0.25, 0.3) is 5.91 Å². The molecule has 0 atom stereocenters. The van der Waals surface area contributed by atoms with Gasteiger partial charge >= 0.3 is 0 Å². The molecule has 0 spiro atoms. The molecule has 0 saturated heterocycles. The van der Waals surface area contributed by atoms with Crippen molar-refractivity contribution in [1.29, 1.82) is 0 Å². The first-order valence-electron chi connectivity index (χ1n) is 8.80. The van der Waals surface area contributed by atoms with Crippen molar-refractivity contribution in [3.8, 4) is 11.5 Å². The molecular formula is C20H21N3O3S2. The molecule has 0 aliphatic heterocycles. The summed E-state index contributed by atoms with van der Waals surface area (Å²) in [5, 5.41) is 4.02. The second-order valence-corrected chi connectivity index (χ2v) is 8.04. The first-order valence-corrected chi connectivity index (χ1v) is 10.6. The van der Waals surface area contributed by atoms with Crippen molar-refractivity contribution < 1.29 is 14.3 Å². The van der Waals surface area contributed by atoms with Crippen LogP contribution in [0, 0.1) is 0 Å². The fourth-order valence-corrected chi connectivity index (χ4v) is 4.21. The summed E-state index contributed by atoms with van der Waals surface area (Å²) in [6, 6.07) is 13.4. The molecule has 28 heavy (non-hydrogen) atoms. The zero-order chi connectivity index (χ0) is 19.8. The lowest BCUT2D eigenvalue weighted by Gasteiger charge is -2.10. The summed E-state index contributed by atoms with van der Waals surface area (Å²) >= 11 is 2.98. The molecule has 0 saturated carbocycles. The van der Waals surface area contributed by atoms with Gasteiger partial charge in [0.15, 0.2) is 15.8 Å². The minimum absolute atomic E-state index is 0.184. The van der Waals surface area contributed by atoms with Crippen LogP contribution in [-0.2, 0) is 4.79 Å². The lowest BCUT2D eigenvalue weighted by atomic mass is 10.2. The summed E-state index contributed by atoms with van der Waals surface area (Å²) in [5.74, 6) is 1.40. The van der Waals surface area contributed by atoms with Gasteiger partial charge in [0.1, 0.15) is 0 Å². The number of rotatable bonds is 9. The predicted molar refractivity (Wildman–Crippen MR) is 115 cm³/mol. The van der Waals surface area contributed by atoms with Gasteiger partial charge in [0.2, 0.25) is 0 Å². The molecule has 1 aromatic heterocycles. The summed E-state index contributed by atoms with van der Waals surface area (Å²) in [5.41, 5.74) is 4.30. The number of thiazole rings is 1. The van der Waals surface area contributed by atoms with Crippen LogP contribution in [-0.4, -0.2) is 36.6 Å². The average Bonchev–Trinajstić information content (AvgIpc) is 3.14. The van der Waals surface area contributed by atoms with Crippen LogP contribution in [0.4, 0.5) is 0 Å². The Balaban J connectivity index is 1.52. The van der Waals surface area contributed by atoms with Crippen LogP contribution in [0.1, 0.15) is 18.9 Å². The maximum absolute atomic E-state index is 12.0. The highest BCUT2D eigenvalue weighted by Gasteiger charge is 2.07. The summed E-state index contributed by atoms with van der Waals surface area (Å²) in [6.45, 7) is 2.65. The standard InChI is InChI=1S/C20H21N3O3S2/c1-3-10-26-17-11-14(8-9-16(17)25-2)12-21-23-19(24)13-27-20-22-15-6-4-5-7-18(15)28-20/h4-9,11-12H,3,10,13H2,1-2H3,(H,23,24)/b21-12-. The number of amides is 1. The van der Waals surface area contributed by atoms with E-state index in [2.05, 4.69) is 15.5 Å². The van der Waals surface area contributed by atoms with Gasteiger partial charge in [-0.3, -0.25) is 4.79 Å². The average molecular weight is 416 g/mol. The third-order valence-corrected chi connectivity index (χ3v) is 5.83. The van der Waals surface area contributed by atoms with Gasteiger partial charge in [0, 0.05) is 0 Å². The molecule has 8 heteroatoms. The van der Waals surface area contributed by atoms with E-state index in [9.17, 15) is 4.79 Å². The van der Waals surface area contributed by atoms with E-state index in [4.69, 9.17) is 9.47 Å². The molecule has 0 aliphatic carbocycles. The first kappa shape index (κ1) is 20.2. The van der Waals surface area contributed by atoms with E-state index in [-0.39, 0.29) is 11.7 Å². The molecule has 0 bridgehead atoms. The van der Waals surface area contributed by atoms with Crippen molar-refractivity contribution in [1.82, 2.24) is 10.4 Å². The van der Waals surface area contributed by atoms with Crippen molar-refractivity contribution in [3.63, 3.8) is 0 Å². The first-order chi connectivity index (χ1) is 13.7. The van der Waals surface area contributed by atoms with Crippen LogP contribution >= 0.6 is 23.1 Å². The van der Waals surface area contributed by atoms with E-state index >= 15 is 0 Å². The Morgan fingerprint density at radius 3 is 2.93 bits per heavy atom. The second kappa shape index (κ2) is 10.1. The summed E-state index contributed by atoms with van der Waals surface area (Å²) in [7, 11) is 1.60. The number of thioether (sulfide) groups is 1. The minimum Gasteiger partial charge on any atom is -0.493 e. The number of para-hydroxylation sites is 1. The fraction of sp³-hybridized carbons (Fsp3) is 0.250. The normalized spacial score (nSPS) is 11.1. The Hall–Kier alpha value is -2.58. The molecule has 3 rings (SSSR count). The molecule has 1 amide bonds. The van der Waals surface area contributed by atoms with Gasteiger partial charge in [-0.25, -0.2) is 10.4 Å². The Kier molecular flexibility index (Phi) is 7.27. The smallest absolute Gasteiger partial charge is 0.250 e. The number of carbonyl (C=O) groups is 1. The molecule has 1 heterocycles. The van der Waals surface area contributed by atoms with Crippen LogP contribution in [0.5, 0.6) is 11.5 Å². The largest absolute Gasteiger partial charge is 0.493 e. The number of aromatic nitrogens is 1. The highest BCUT2D eigenvalue weighted by atomic mass is 32.2. The quantitative estimate of drug-likeness (QED) is 0.320. The predicted octanol–water partition coefficient (Wildman–Crippen LogP) is 4.34. The maximum atomic E-state index is 12.0. The number of fused-ring (bicyclic) bond motifs is 1. The Morgan fingerprint density at radius 1 is 1.29 bits per heavy atom. The number of hydrogen-bond donors (Lipinski definition) is 1. The van der Waals surface area contributed by atoms with Crippen LogP contribution in [0.25, 0.3) is 10.2 Å². The molecular weight excluding hydrogens is 394 g/mol. The van der Waals surface area contributed by atoms with Crippen LogP contribution in [0.15, 0.2) is 51.9 Å². The molecule has 146 valence electrons. The molecule has 6 nitrogen and oxygen atoms in total. The topological polar surface area (TPSA) is 72.8 Å². The Bertz CT molecular complexity index is 939. The molecule has 0 radical (unpaired) electrons. The van der Waals surface area contributed by atoms with E-state index in [0.717, 1.165) is 26.5 Å². The fourth-order valence-electron chi connectivity index (χ4n) is 2.35. The number of nitrogens with one attached hydrogen (secondary N) is 1. The Morgan fingerprint density at radius 2 is 2.14 bits per heavy atom. The number of methoxy groups -OCH3 is 1. The summed E-state index contributed by atoms with van der Waals surface area (Å²) in [4.78, 5) is 16.5. The number of carbonyl (C=O) groups excluding carboxylic acids is 1. The number of benzene rings is 2. The zero-order valence-corrected chi connectivity index (χ0v) is 17.3. The Labute approximate surface area is 172 Å². The lowest BCUT2D eigenvalue weighted by molar-refractivity contribution is -0.118. The van der Waals surface area contributed by atoms with Crippen molar-refractivity contribution >= 4 is 45.4 Å². The molecule has 0 fully saturated rings. The SMILES string of the molecule is CCCOc1cc(/C=N\NC(=O)CSc2nc3ccccc3s2)ccc1OC. The van der Waals surface area contributed by atoms with E-state index in [1.807, 2.05) is 49.4 Å². The molecule has 1 N–H and O–H groups in total. The van der Waals surface area contributed by atoms with E-state index in [1.54, 1.807) is 24.7 Å². The van der Waals surface area contributed by atoms with E-state index in [0.29, 0.717) is 18.1 Å². The number of hydrazone groups is 1. The number of ether oxygens (including phenoxy) is 2. The van der Waals surface area contributed by atoms with Gasteiger partial charge in [-0.2, -0.15) is 5.10 Å². The second-order valence-electron chi connectivity index (χ2n) is 5.79. The molecule has 0 unspecified atom stereocenters. The van der Waals surface area contributed by atoms with Gasteiger partial charge in [0.05, 0.1) is 35.9 Å². The highest BCUT2D eigenvalue weighted by molar-refractivity contribution is 8.01. The summed E-state index contributed by atoms with van der Waals surface area (Å²) < 4.78 is 12.9. The van der Waals surface area contributed by atoms with Crippen molar-refractivity contribution in [2.24, 2.45) is 5.10 Å². The lowest BCUT2D eigenvalue weighted by Crippen LogP contribution is -2.19.